The van der Waals surface area contributed by atoms with Crippen LogP contribution in [0.5, 0.6) is 0 Å². The van der Waals surface area contributed by atoms with E-state index in [-0.39, 0.29) is 18.0 Å². The van der Waals surface area contributed by atoms with E-state index in [0.29, 0.717) is 18.2 Å². The van der Waals surface area contributed by atoms with E-state index in [2.05, 4.69) is 0 Å². The van der Waals surface area contributed by atoms with Gasteiger partial charge in [0.15, 0.2) is 0 Å². The summed E-state index contributed by atoms with van der Waals surface area (Å²) >= 11 is 6.06. The summed E-state index contributed by atoms with van der Waals surface area (Å²) in [6, 6.07) is 7.16. The molecule has 2 bridgehead atoms. The predicted molar refractivity (Wildman–Crippen MR) is 93.4 cm³/mol. The molecule has 1 aromatic rings. The van der Waals surface area contributed by atoms with Gasteiger partial charge in [0, 0.05) is 10.7 Å². The zero-order chi connectivity index (χ0) is 17.6. The molecule has 2 fully saturated rings. The summed E-state index contributed by atoms with van der Waals surface area (Å²) in [5.74, 6) is -1.54. The average Bonchev–Trinajstić information content (AvgIpc) is 3.23. The minimum atomic E-state index is -0.738. The van der Waals surface area contributed by atoms with Crippen LogP contribution in [-0.2, 0) is 19.1 Å². The van der Waals surface area contributed by atoms with Gasteiger partial charge in [-0.25, -0.2) is 0 Å². The third-order valence-electron chi connectivity index (χ3n) is 5.23. The number of carbonyl (C=O) groups excluding carboxylic acids is 2. The maximum atomic E-state index is 13.1. The largest absolute Gasteiger partial charge is 0.465 e. The van der Waals surface area contributed by atoms with Crippen molar-refractivity contribution in [3.63, 3.8) is 0 Å². The number of fused-ring (bicyclic) bond motifs is 1. The smallest absolute Gasteiger partial charge is 0.312 e. The highest BCUT2D eigenvalue weighted by atomic mass is 35.5. The molecule has 0 unspecified atom stereocenters. The van der Waals surface area contributed by atoms with E-state index in [1.54, 1.807) is 23.1 Å². The third-order valence-corrected chi connectivity index (χ3v) is 5.47. The molecule has 3 aliphatic heterocycles. The van der Waals surface area contributed by atoms with Gasteiger partial charge in [-0.05, 0) is 24.6 Å². The van der Waals surface area contributed by atoms with Crippen molar-refractivity contribution in [3.05, 3.63) is 41.4 Å². The molecule has 1 amide bonds. The highest BCUT2D eigenvalue weighted by molar-refractivity contribution is 6.31. The fourth-order valence-corrected chi connectivity index (χ4v) is 4.23. The van der Waals surface area contributed by atoms with Gasteiger partial charge in [0.05, 0.1) is 25.2 Å². The summed E-state index contributed by atoms with van der Waals surface area (Å²) in [4.78, 5) is 27.3. The van der Waals surface area contributed by atoms with E-state index in [4.69, 9.17) is 21.1 Å². The molecular formula is C19H20ClNO4. The van der Waals surface area contributed by atoms with Crippen LogP contribution in [0.15, 0.2) is 36.4 Å². The fraction of sp³-hybridized carbons (Fsp3) is 0.474. The lowest BCUT2D eigenvalue weighted by molar-refractivity contribution is -0.152. The SMILES string of the molecule is CCCCOC(=O)[C@@H]1[C@H]2C=C[C@@]3(CN(c4cccc(Cl)c4)C(=O)[C@@H]13)O2. The summed E-state index contributed by atoms with van der Waals surface area (Å²) in [6.45, 7) is 2.81. The van der Waals surface area contributed by atoms with Crippen molar-refractivity contribution in [2.75, 3.05) is 18.1 Å². The van der Waals surface area contributed by atoms with E-state index in [9.17, 15) is 9.59 Å². The van der Waals surface area contributed by atoms with Crippen LogP contribution in [-0.4, -0.2) is 36.7 Å². The summed E-state index contributed by atoms with van der Waals surface area (Å²) in [5.41, 5.74) is -0.0155. The number of halogens is 1. The third kappa shape index (κ3) is 2.57. The first-order valence-electron chi connectivity index (χ1n) is 8.66. The maximum absolute atomic E-state index is 13.1. The molecule has 4 rings (SSSR count). The number of amides is 1. The number of hydrogen-bond acceptors (Lipinski definition) is 4. The van der Waals surface area contributed by atoms with Crippen LogP contribution in [0.3, 0.4) is 0 Å². The standard InChI is InChI=1S/C19H20ClNO4/c1-2-3-9-24-18(23)15-14-7-8-19(25-14)11-21(17(22)16(15)19)13-6-4-5-12(20)10-13/h4-8,10,14-16H,2-3,9,11H2,1H3/t14-,15-,16-,19+/m1/s1. The molecule has 0 aliphatic carbocycles. The average molecular weight is 362 g/mol. The Balaban J connectivity index is 1.60. The van der Waals surface area contributed by atoms with Crippen molar-refractivity contribution >= 4 is 29.2 Å². The van der Waals surface area contributed by atoms with Gasteiger partial charge in [-0.2, -0.15) is 0 Å². The quantitative estimate of drug-likeness (QED) is 0.459. The Morgan fingerprint density at radius 3 is 3.08 bits per heavy atom. The lowest BCUT2D eigenvalue weighted by Crippen LogP contribution is -2.40. The number of benzene rings is 1. The summed E-state index contributed by atoms with van der Waals surface area (Å²) < 4.78 is 11.5. The van der Waals surface area contributed by atoms with Gasteiger partial charge in [-0.1, -0.05) is 43.2 Å². The van der Waals surface area contributed by atoms with E-state index in [0.717, 1.165) is 18.5 Å². The molecule has 0 saturated carbocycles. The number of esters is 1. The first-order valence-corrected chi connectivity index (χ1v) is 9.04. The lowest BCUT2D eigenvalue weighted by atomic mass is 9.77. The number of nitrogens with zero attached hydrogens (tertiary/aromatic N) is 1. The van der Waals surface area contributed by atoms with Gasteiger partial charge >= 0.3 is 5.97 Å². The number of rotatable bonds is 5. The van der Waals surface area contributed by atoms with Gasteiger partial charge in [-0.3, -0.25) is 9.59 Å². The molecule has 132 valence electrons. The predicted octanol–water partition coefficient (Wildman–Crippen LogP) is 2.97. The first kappa shape index (κ1) is 16.6. The molecule has 6 heteroatoms. The van der Waals surface area contributed by atoms with Crippen molar-refractivity contribution < 1.29 is 19.1 Å². The molecular weight excluding hydrogens is 342 g/mol. The van der Waals surface area contributed by atoms with Crippen LogP contribution >= 0.6 is 11.6 Å². The zero-order valence-corrected chi connectivity index (χ0v) is 14.7. The van der Waals surface area contributed by atoms with Crippen LogP contribution in [0, 0.1) is 11.8 Å². The van der Waals surface area contributed by atoms with Gasteiger partial charge in [-0.15, -0.1) is 0 Å². The van der Waals surface area contributed by atoms with Crippen LogP contribution in [0.4, 0.5) is 5.69 Å². The topological polar surface area (TPSA) is 55.8 Å². The van der Waals surface area contributed by atoms with Crippen molar-refractivity contribution in [3.8, 4) is 0 Å². The van der Waals surface area contributed by atoms with Crippen molar-refractivity contribution in [1.82, 2.24) is 0 Å². The second kappa shape index (κ2) is 6.15. The van der Waals surface area contributed by atoms with Gasteiger partial charge < -0.3 is 14.4 Å². The molecule has 0 aromatic heterocycles. The van der Waals surface area contributed by atoms with E-state index in [1.165, 1.54) is 0 Å². The van der Waals surface area contributed by atoms with Crippen molar-refractivity contribution in [1.29, 1.82) is 0 Å². The van der Waals surface area contributed by atoms with Crippen LogP contribution < -0.4 is 4.90 Å². The molecule has 25 heavy (non-hydrogen) atoms. The highest BCUT2D eigenvalue weighted by Crippen LogP contribution is 2.53. The van der Waals surface area contributed by atoms with E-state index < -0.39 is 17.4 Å². The Labute approximate surface area is 151 Å². The Morgan fingerprint density at radius 2 is 2.32 bits per heavy atom. The van der Waals surface area contributed by atoms with Crippen molar-refractivity contribution in [2.24, 2.45) is 11.8 Å². The maximum Gasteiger partial charge on any atom is 0.312 e. The molecule has 0 radical (unpaired) electrons. The Kier molecular flexibility index (Phi) is 4.08. The van der Waals surface area contributed by atoms with Gasteiger partial charge in [0.25, 0.3) is 0 Å². The highest BCUT2D eigenvalue weighted by Gasteiger charge is 2.67. The Morgan fingerprint density at radius 1 is 1.48 bits per heavy atom. The monoisotopic (exact) mass is 361 g/mol. The Bertz CT molecular complexity index is 749. The summed E-state index contributed by atoms with van der Waals surface area (Å²) in [5, 5.41) is 0.566. The molecule has 5 nitrogen and oxygen atoms in total. The second-order valence-corrected chi connectivity index (χ2v) is 7.26. The first-order chi connectivity index (χ1) is 12.1. The van der Waals surface area contributed by atoms with Crippen LogP contribution in [0.2, 0.25) is 5.02 Å². The molecule has 1 aromatic carbocycles. The van der Waals surface area contributed by atoms with Crippen molar-refractivity contribution in [2.45, 2.75) is 31.5 Å². The molecule has 0 N–H and O–H groups in total. The van der Waals surface area contributed by atoms with Gasteiger partial charge in [0.1, 0.15) is 11.5 Å². The van der Waals surface area contributed by atoms with E-state index in [1.807, 2.05) is 25.1 Å². The molecule has 1 spiro atoms. The van der Waals surface area contributed by atoms with Crippen LogP contribution in [0.1, 0.15) is 19.8 Å². The fourth-order valence-electron chi connectivity index (χ4n) is 4.04. The molecule has 2 saturated heterocycles. The molecule has 3 aliphatic rings. The number of carbonyl (C=O) groups is 2. The minimum Gasteiger partial charge on any atom is -0.465 e. The lowest BCUT2D eigenvalue weighted by Gasteiger charge is -2.22. The van der Waals surface area contributed by atoms with Gasteiger partial charge in [0.2, 0.25) is 5.91 Å². The number of hydrogen-bond donors (Lipinski definition) is 0. The van der Waals surface area contributed by atoms with E-state index >= 15 is 0 Å². The Hall–Kier alpha value is -1.85. The zero-order valence-electron chi connectivity index (χ0n) is 14.0. The molecule has 3 heterocycles. The number of unbranched alkanes of at least 4 members (excludes halogenated alkanes) is 1. The number of anilines is 1. The summed E-state index contributed by atoms with van der Waals surface area (Å²) in [7, 11) is 0. The second-order valence-electron chi connectivity index (χ2n) is 6.83. The van der Waals surface area contributed by atoms with Crippen LogP contribution in [0.25, 0.3) is 0 Å². The summed E-state index contributed by atoms with van der Waals surface area (Å²) in [6.07, 6.45) is 5.22. The normalized spacial score (nSPS) is 32.3. The minimum absolute atomic E-state index is 0.105. The number of ether oxygens (including phenoxy) is 2. The molecule has 4 atom stereocenters.